The van der Waals surface area contributed by atoms with Crippen LogP contribution in [0.4, 0.5) is 5.95 Å². The predicted octanol–water partition coefficient (Wildman–Crippen LogP) is 2.78. The molecule has 1 aliphatic heterocycles. The van der Waals surface area contributed by atoms with Gasteiger partial charge in [-0.1, -0.05) is 35.0 Å². The molecule has 2 heterocycles. The molecule has 0 spiro atoms. The van der Waals surface area contributed by atoms with E-state index in [9.17, 15) is 4.79 Å². The van der Waals surface area contributed by atoms with E-state index in [2.05, 4.69) is 26.6 Å². The molecule has 2 aromatic carbocycles. The number of ether oxygens (including phenoxy) is 1. The molecule has 3 aromatic rings. The molecular formula is C21H21N5O3. The van der Waals surface area contributed by atoms with E-state index in [1.807, 2.05) is 49.4 Å². The molecule has 1 aliphatic rings. The highest BCUT2D eigenvalue weighted by Crippen LogP contribution is 2.20. The Labute approximate surface area is 168 Å². The number of anilines is 1. The first-order valence-electron chi connectivity index (χ1n) is 9.23. The molecule has 8 heteroatoms. The van der Waals surface area contributed by atoms with E-state index in [1.165, 1.54) is 5.56 Å². The molecule has 1 unspecified atom stereocenters. The summed E-state index contributed by atoms with van der Waals surface area (Å²) in [7, 11) is 1.61. The van der Waals surface area contributed by atoms with E-state index < -0.39 is 6.10 Å². The van der Waals surface area contributed by atoms with Crippen LogP contribution in [0.1, 0.15) is 23.1 Å². The molecule has 0 aliphatic carbocycles. The van der Waals surface area contributed by atoms with Crippen LogP contribution in [0.5, 0.6) is 5.75 Å². The summed E-state index contributed by atoms with van der Waals surface area (Å²) in [5.74, 6) is 0.671. The van der Waals surface area contributed by atoms with Crippen LogP contribution in [0.25, 0.3) is 0 Å². The Kier molecular flexibility index (Phi) is 5.24. The number of hydrogen-bond donors (Lipinski definition) is 1. The van der Waals surface area contributed by atoms with Crippen LogP contribution in [0, 0.1) is 6.92 Å². The second-order valence-electron chi connectivity index (χ2n) is 6.81. The minimum atomic E-state index is -0.712. The van der Waals surface area contributed by atoms with Crippen LogP contribution in [-0.4, -0.2) is 39.6 Å². The SMILES string of the molecule is COc1ccc(C2=NOC(C(=O)Nc3ncn(Cc4cccc(C)c4)n3)C2)cc1. The largest absolute Gasteiger partial charge is 0.497 e. The summed E-state index contributed by atoms with van der Waals surface area (Å²) in [5, 5.41) is 11.0. The summed E-state index contributed by atoms with van der Waals surface area (Å²) < 4.78 is 6.83. The van der Waals surface area contributed by atoms with Gasteiger partial charge in [-0.25, -0.2) is 9.67 Å². The summed E-state index contributed by atoms with van der Waals surface area (Å²) in [4.78, 5) is 21.9. The number of aromatic nitrogens is 3. The first-order valence-corrected chi connectivity index (χ1v) is 9.23. The van der Waals surface area contributed by atoms with Crippen molar-refractivity contribution in [3.05, 3.63) is 71.5 Å². The number of rotatable bonds is 6. The number of carbonyl (C=O) groups is 1. The Bertz CT molecular complexity index is 1040. The van der Waals surface area contributed by atoms with E-state index in [0.29, 0.717) is 18.7 Å². The second-order valence-corrected chi connectivity index (χ2v) is 6.81. The molecule has 148 valence electrons. The van der Waals surface area contributed by atoms with E-state index in [1.54, 1.807) is 18.1 Å². The highest BCUT2D eigenvalue weighted by atomic mass is 16.6. The Balaban J connectivity index is 1.34. The molecule has 1 aromatic heterocycles. The van der Waals surface area contributed by atoms with Crippen molar-refractivity contribution in [1.29, 1.82) is 0 Å². The van der Waals surface area contributed by atoms with Gasteiger partial charge in [-0.3, -0.25) is 10.1 Å². The summed E-state index contributed by atoms with van der Waals surface area (Å²) in [6.07, 6.45) is 1.25. The Morgan fingerprint density at radius 1 is 1.28 bits per heavy atom. The highest BCUT2D eigenvalue weighted by molar-refractivity contribution is 6.05. The van der Waals surface area contributed by atoms with Crippen LogP contribution in [-0.2, 0) is 16.2 Å². The van der Waals surface area contributed by atoms with Crippen LogP contribution in [0.2, 0.25) is 0 Å². The van der Waals surface area contributed by atoms with Gasteiger partial charge in [-0.2, -0.15) is 0 Å². The average Bonchev–Trinajstić information content (AvgIpc) is 3.38. The lowest BCUT2D eigenvalue weighted by Crippen LogP contribution is -2.28. The number of nitrogens with one attached hydrogen (secondary N) is 1. The predicted molar refractivity (Wildman–Crippen MR) is 108 cm³/mol. The van der Waals surface area contributed by atoms with Crippen LogP contribution < -0.4 is 10.1 Å². The van der Waals surface area contributed by atoms with Crippen molar-refractivity contribution in [1.82, 2.24) is 14.8 Å². The van der Waals surface area contributed by atoms with Gasteiger partial charge < -0.3 is 9.57 Å². The van der Waals surface area contributed by atoms with Crippen molar-refractivity contribution < 1.29 is 14.4 Å². The summed E-state index contributed by atoms with van der Waals surface area (Å²) in [6, 6.07) is 15.6. The van der Waals surface area contributed by atoms with Crippen molar-refractivity contribution in [2.45, 2.75) is 26.0 Å². The highest BCUT2D eigenvalue weighted by Gasteiger charge is 2.29. The molecule has 4 rings (SSSR count). The van der Waals surface area contributed by atoms with E-state index in [-0.39, 0.29) is 11.9 Å². The van der Waals surface area contributed by atoms with Gasteiger partial charge in [-0.15, -0.1) is 5.10 Å². The molecule has 0 radical (unpaired) electrons. The van der Waals surface area contributed by atoms with Crippen molar-refractivity contribution in [3.63, 3.8) is 0 Å². The monoisotopic (exact) mass is 391 g/mol. The fourth-order valence-corrected chi connectivity index (χ4v) is 3.09. The number of nitrogens with zero attached hydrogens (tertiary/aromatic N) is 4. The van der Waals surface area contributed by atoms with E-state index in [4.69, 9.17) is 9.57 Å². The normalized spacial score (nSPS) is 15.5. The number of aryl methyl sites for hydroxylation is 1. The van der Waals surface area contributed by atoms with Crippen LogP contribution in [0.3, 0.4) is 0 Å². The Hall–Kier alpha value is -3.68. The molecular weight excluding hydrogens is 370 g/mol. The molecule has 0 bridgehead atoms. The van der Waals surface area contributed by atoms with Gasteiger partial charge in [0.15, 0.2) is 0 Å². The second kappa shape index (κ2) is 8.14. The summed E-state index contributed by atoms with van der Waals surface area (Å²) in [6.45, 7) is 2.62. The maximum absolute atomic E-state index is 12.5. The summed E-state index contributed by atoms with van der Waals surface area (Å²) in [5.41, 5.74) is 3.90. The molecule has 1 amide bonds. The number of methoxy groups -OCH3 is 1. The molecule has 1 N–H and O–H groups in total. The van der Waals surface area contributed by atoms with Gasteiger partial charge in [0, 0.05) is 6.42 Å². The number of carbonyl (C=O) groups excluding carboxylic acids is 1. The maximum atomic E-state index is 12.5. The fraction of sp³-hybridized carbons (Fsp3) is 0.238. The van der Waals surface area contributed by atoms with Crippen molar-refractivity contribution in [2.24, 2.45) is 5.16 Å². The number of oxime groups is 1. The number of hydrogen-bond acceptors (Lipinski definition) is 6. The van der Waals surface area contributed by atoms with Gasteiger partial charge in [0.2, 0.25) is 12.1 Å². The quantitative estimate of drug-likeness (QED) is 0.698. The minimum Gasteiger partial charge on any atom is -0.497 e. The maximum Gasteiger partial charge on any atom is 0.271 e. The lowest BCUT2D eigenvalue weighted by molar-refractivity contribution is -0.125. The van der Waals surface area contributed by atoms with Crippen molar-refractivity contribution >= 4 is 17.6 Å². The standard InChI is InChI=1S/C21H21N5O3/c1-14-4-3-5-15(10-14)12-26-13-22-21(24-26)23-20(27)19-11-18(25-29-19)16-6-8-17(28-2)9-7-16/h3-10,13,19H,11-12H2,1-2H3,(H,23,24,27). The van der Waals surface area contributed by atoms with E-state index >= 15 is 0 Å². The number of amides is 1. The average molecular weight is 391 g/mol. The molecule has 0 saturated carbocycles. The minimum absolute atomic E-state index is 0.240. The summed E-state index contributed by atoms with van der Waals surface area (Å²) >= 11 is 0. The lowest BCUT2D eigenvalue weighted by Gasteiger charge is -2.07. The molecule has 1 atom stereocenters. The molecule has 8 nitrogen and oxygen atoms in total. The van der Waals surface area contributed by atoms with Crippen molar-refractivity contribution in [3.8, 4) is 5.75 Å². The van der Waals surface area contributed by atoms with Gasteiger partial charge in [-0.05, 0) is 42.3 Å². The Morgan fingerprint density at radius 2 is 2.10 bits per heavy atom. The Morgan fingerprint density at radius 3 is 2.86 bits per heavy atom. The lowest BCUT2D eigenvalue weighted by atomic mass is 10.0. The molecule has 29 heavy (non-hydrogen) atoms. The first-order chi connectivity index (χ1) is 14.1. The van der Waals surface area contributed by atoms with Gasteiger partial charge in [0.05, 0.1) is 19.4 Å². The number of benzene rings is 2. The van der Waals surface area contributed by atoms with Crippen LogP contribution >= 0.6 is 0 Å². The van der Waals surface area contributed by atoms with Crippen molar-refractivity contribution in [2.75, 3.05) is 12.4 Å². The third-order valence-corrected chi connectivity index (χ3v) is 4.58. The van der Waals surface area contributed by atoms with Gasteiger partial charge >= 0.3 is 0 Å². The van der Waals surface area contributed by atoms with Gasteiger partial charge in [0.25, 0.3) is 5.91 Å². The smallest absolute Gasteiger partial charge is 0.271 e. The third-order valence-electron chi connectivity index (χ3n) is 4.58. The molecule has 0 fully saturated rings. The fourth-order valence-electron chi connectivity index (χ4n) is 3.09. The first kappa shape index (κ1) is 18.7. The third kappa shape index (κ3) is 4.43. The molecule has 0 saturated heterocycles. The topological polar surface area (TPSA) is 90.6 Å². The van der Waals surface area contributed by atoms with E-state index in [0.717, 1.165) is 16.9 Å². The van der Waals surface area contributed by atoms with Gasteiger partial charge in [0.1, 0.15) is 12.1 Å². The van der Waals surface area contributed by atoms with Crippen LogP contribution in [0.15, 0.2) is 60.0 Å². The zero-order valence-electron chi connectivity index (χ0n) is 16.2. The zero-order chi connectivity index (χ0) is 20.2. The zero-order valence-corrected chi connectivity index (χ0v) is 16.2.